The van der Waals surface area contributed by atoms with Crippen molar-refractivity contribution < 1.29 is 17.9 Å². The fraction of sp³-hybridized carbons (Fsp3) is 0.192. The Morgan fingerprint density at radius 1 is 0.938 bits per heavy atom. The average molecular weight is 450 g/mol. The van der Waals surface area contributed by atoms with Gasteiger partial charge in [-0.25, -0.2) is 8.42 Å². The van der Waals surface area contributed by atoms with Crippen LogP contribution in [0, 0.1) is 13.8 Å². The van der Waals surface area contributed by atoms with Gasteiger partial charge in [0.2, 0.25) is 0 Å². The second-order valence-corrected chi connectivity index (χ2v) is 9.15. The Labute approximate surface area is 190 Å². The number of hydrogen-bond acceptors (Lipinski definition) is 4. The van der Waals surface area contributed by atoms with Gasteiger partial charge < -0.3 is 4.74 Å². The first-order valence-electron chi connectivity index (χ1n) is 10.5. The number of rotatable bonds is 8. The molecular weight excluding hydrogens is 422 g/mol. The van der Waals surface area contributed by atoms with Gasteiger partial charge in [-0.15, -0.1) is 0 Å². The lowest BCUT2D eigenvalue weighted by Gasteiger charge is -2.24. The summed E-state index contributed by atoms with van der Waals surface area (Å²) < 4.78 is 33.6. The molecule has 32 heavy (non-hydrogen) atoms. The number of amides is 1. The predicted molar refractivity (Wildman–Crippen MR) is 128 cm³/mol. The zero-order chi connectivity index (χ0) is 23.1. The highest BCUT2D eigenvalue weighted by Crippen LogP contribution is 2.29. The van der Waals surface area contributed by atoms with Crippen molar-refractivity contribution in [1.82, 2.24) is 0 Å². The first-order valence-corrected chi connectivity index (χ1v) is 11.9. The van der Waals surface area contributed by atoms with Gasteiger partial charge in [0.15, 0.2) is 0 Å². The van der Waals surface area contributed by atoms with E-state index in [-0.39, 0.29) is 4.90 Å². The maximum atomic E-state index is 13.5. The van der Waals surface area contributed by atoms with Crippen LogP contribution in [0.4, 0.5) is 5.69 Å². The molecule has 5 nitrogen and oxygen atoms in total. The van der Waals surface area contributed by atoms with Gasteiger partial charge in [0.25, 0.3) is 15.9 Å². The number of benzene rings is 3. The van der Waals surface area contributed by atoms with Gasteiger partial charge in [-0.2, -0.15) is 4.31 Å². The van der Waals surface area contributed by atoms with Gasteiger partial charge in [0, 0.05) is 11.6 Å². The quantitative estimate of drug-likeness (QED) is 0.424. The van der Waals surface area contributed by atoms with Gasteiger partial charge in [0.05, 0.1) is 17.2 Å². The summed E-state index contributed by atoms with van der Waals surface area (Å²) in [7, 11) is -4.12. The number of para-hydroxylation sites is 1. The SMILES string of the molecule is CCCOc1ccccc1/C=C/C(=O)N(c1cccc(C)c1C)S(=O)(=O)c1ccccc1. The topological polar surface area (TPSA) is 63.7 Å². The zero-order valence-electron chi connectivity index (χ0n) is 18.5. The van der Waals surface area contributed by atoms with Gasteiger partial charge >= 0.3 is 0 Å². The minimum absolute atomic E-state index is 0.0503. The minimum atomic E-state index is -4.12. The largest absolute Gasteiger partial charge is 0.493 e. The highest BCUT2D eigenvalue weighted by molar-refractivity contribution is 7.93. The standard InChI is InChI=1S/C26H27NO4S/c1-4-19-31-25-16-9-8-12-22(25)17-18-26(28)27(24-15-10-11-20(2)21(24)3)32(29,30)23-13-6-5-7-14-23/h5-18H,4,19H2,1-3H3/b18-17+. The number of anilines is 1. The number of aryl methyl sites for hydroxylation is 1. The Hall–Kier alpha value is -3.38. The van der Waals surface area contributed by atoms with Crippen molar-refractivity contribution in [2.24, 2.45) is 0 Å². The summed E-state index contributed by atoms with van der Waals surface area (Å²) in [5, 5.41) is 0. The number of sulfonamides is 1. The van der Waals surface area contributed by atoms with Gasteiger partial charge in [-0.05, 0) is 61.7 Å². The Morgan fingerprint density at radius 2 is 1.62 bits per heavy atom. The van der Waals surface area contributed by atoms with Crippen molar-refractivity contribution in [2.45, 2.75) is 32.1 Å². The van der Waals surface area contributed by atoms with E-state index in [2.05, 4.69) is 0 Å². The molecule has 3 aromatic rings. The molecule has 0 radical (unpaired) electrons. The molecule has 0 aromatic heterocycles. The van der Waals surface area contributed by atoms with E-state index in [0.29, 0.717) is 23.6 Å². The third-order valence-corrected chi connectivity index (χ3v) is 6.79. The Balaban J connectivity index is 2.06. The molecule has 166 valence electrons. The van der Waals surface area contributed by atoms with Crippen LogP contribution in [0.5, 0.6) is 5.75 Å². The van der Waals surface area contributed by atoms with Gasteiger partial charge in [-0.1, -0.05) is 55.5 Å². The van der Waals surface area contributed by atoms with Crippen molar-refractivity contribution in [2.75, 3.05) is 10.9 Å². The predicted octanol–water partition coefficient (Wildman–Crippen LogP) is 5.53. The van der Waals surface area contributed by atoms with E-state index >= 15 is 0 Å². The number of nitrogens with zero attached hydrogens (tertiary/aromatic N) is 1. The third kappa shape index (κ3) is 5.08. The van der Waals surface area contributed by atoms with Crippen LogP contribution in [0.3, 0.4) is 0 Å². The number of carbonyl (C=O) groups excluding carboxylic acids is 1. The summed E-state index contributed by atoms with van der Waals surface area (Å²) in [4.78, 5) is 13.4. The summed E-state index contributed by atoms with van der Waals surface area (Å²) in [6, 6.07) is 20.6. The van der Waals surface area contributed by atoms with Crippen LogP contribution in [0.25, 0.3) is 6.08 Å². The Kier molecular flexibility index (Phi) is 7.49. The van der Waals surface area contributed by atoms with E-state index in [1.165, 1.54) is 18.2 Å². The molecule has 3 rings (SSSR count). The van der Waals surface area contributed by atoms with E-state index in [9.17, 15) is 13.2 Å². The minimum Gasteiger partial charge on any atom is -0.493 e. The molecule has 0 bridgehead atoms. The number of ether oxygens (including phenoxy) is 1. The monoisotopic (exact) mass is 449 g/mol. The second kappa shape index (κ2) is 10.3. The first kappa shape index (κ1) is 23.3. The third-order valence-electron chi connectivity index (χ3n) is 5.06. The number of carbonyl (C=O) groups is 1. The molecule has 0 aliphatic rings. The molecule has 0 saturated carbocycles. The maximum Gasteiger partial charge on any atom is 0.271 e. The van der Waals surface area contributed by atoms with E-state index in [1.54, 1.807) is 36.4 Å². The Morgan fingerprint density at radius 3 is 2.34 bits per heavy atom. The normalized spacial score (nSPS) is 11.5. The lowest BCUT2D eigenvalue weighted by molar-refractivity contribution is -0.113. The molecule has 6 heteroatoms. The molecule has 1 amide bonds. The molecule has 0 fully saturated rings. The summed E-state index contributed by atoms with van der Waals surface area (Å²) >= 11 is 0. The van der Waals surface area contributed by atoms with Crippen molar-refractivity contribution in [3.8, 4) is 5.75 Å². The van der Waals surface area contributed by atoms with E-state index < -0.39 is 15.9 Å². The van der Waals surface area contributed by atoms with Crippen molar-refractivity contribution in [3.05, 3.63) is 95.6 Å². The van der Waals surface area contributed by atoms with Crippen molar-refractivity contribution >= 4 is 27.7 Å². The van der Waals surface area contributed by atoms with Gasteiger partial charge in [0.1, 0.15) is 5.75 Å². The molecule has 0 aliphatic carbocycles. The maximum absolute atomic E-state index is 13.5. The average Bonchev–Trinajstić information content (AvgIpc) is 2.80. The van der Waals surface area contributed by atoms with E-state index in [1.807, 2.05) is 51.1 Å². The first-order chi connectivity index (χ1) is 15.4. The molecule has 0 N–H and O–H groups in total. The fourth-order valence-electron chi connectivity index (χ4n) is 3.21. The van der Waals surface area contributed by atoms with Crippen LogP contribution >= 0.6 is 0 Å². The zero-order valence-corrected chi connectivity index (χ0v) is 19.3. The van der Waals surface area contributed by atoms with Crippen LogP contribution in [-0.2, 0) is 14.8 Å². The van der Waals surface area contributed by atoms with Crippen LogP contribution in [-0.4, -0.2) is 20.9 Å². The molecule has 0 unspecified atom stereocenters. The summed E-state index contributed by atoms with van der Waals surface area (Å²) in [5.74, 6) is -0.0181. The van der Waals surface area contributed by atoms with Crippen molar-refractivity contribution in [3.63, 3.8) is 0 Å². The highest BCUT2D eigenvalue weighted by atomic mass is 32.2. The summed E-state index contributed by atoms with van der Waals surface area (Å²) in [6.07, 6.45) is 3.72. The lowest BCUT2D eigenvalue weighted by Crippen LogP contribution is -2.36. The van der Waals surface area contributed by atoms with E-state index in [0.717, 1.165) is 21.9 Å². The molecule has 0 saturated heterocycles. The summed E-state index contributed by atoms with van der Waals surface area (Å²) in [6.45, 7) is 6.26. The highest BCUT2D eigenvalue weighted by Gasteiger charge is 2.31. The molecule has 0 atom stereocenters. The van der Waals surface area contributed by atoms with Crippen LogP contribution in [0.2, 0.25) is 0 Å². The molecule has 3 aromatic carbocycles. The molecule has 0 aliphatic heterocycles. The number of hydrogen-bond donors (Lipinski definition) is 0. The van der Waals surface area contributed by atoms with Crippen LogP contribution in [0.1, 0.15) is 30.0 Å². The van der Waals surface area contributed by atoms with Crippen LogP contribution < -0.4 is 9.04 Å². The smallest absolute Gasteiger partial charge is 0.271 e. The summed E-state index contributed by atoms with van der Waals surface area (Å²) in [5.41, 5.74) is 2.65. The van der Waals surface area contributed by atoms with E-state index in [4.69, 9.17) is 4.74 Å². The second-order valence-electron chi connectivity index (χ2n) is 7.36. The fourth-order valence-corrected chi connectivity index (χ4v) is 4.68. The van der Waals surface area contributed by atoms with Crippen molar-refractivity contribution in [1.29, 1.82) is 0 Å². The molecule has 0 heterocycles. The molecular formula is C26H27NO4S. The molecule has 0 spiro atoms. The Bertz CT molecular complexity index is 1220. The van der Waals surface area contributed by atoms with Crippen LogP contribution in [0.15, 0.2) is 83.8 Å². The lowest BCUT2D eigenvalue weighted by atomic mass is 10.1. The van der Waals surface area contributed by atoms with Gasteiger partial charge in [-0.3, -0.25) is 4.79 Å².